The van der Waals surface area contributed by atoms with Crippen molar-refractivity contribution in [2.45, 2.75) is 68.2 Å². The lowest BCUT2D eigenvalue weighted by Crippen LogP contribution is -2.43. The van der Waals surface area contributed by atoms with E-state index in [0.717, 1.165) is 0 Å². The maximum Gasteiger partial charge on any atom is 0.214 e. The van der Waals surface area contributed by atoms with Gasteiger partial charge in [0.25, 0.3) is 0 Å². The van der Waals surface area contributed by atoms with Crippen molar-refractivity contribution in [3.05, 3.63) is 90.4 Å². The first-order valence-electron chi connectivity index (χ1n) is 20.9. The Bertz CT molecular complexity index is 2310. The molecule has 2 aliphatic heterocycles. The van der Waals surface area contributed by atoms with Crippen LogP contribution in [0.4, 0.5) is 0 Å². The lowest BCUT2D eigenvalue weighted by Gasteiger charge is -2.29. The molecule has 0 radical (unpaired) electrons. The Morgan fingerprint density at radius 2 is 0.703 bits per heavy atom. The summed E-state index contributed by atoms with van der Waals surface area (Å²) in [6.07, 6.45) is 7.76. The van der Waals surface area contributed by atoms with Gasteiger partial charge in [0.2, 0.25) is 20.0 Å². The van der Waals surface area contributed by atoms with Gasteiger partial charge >= 0.3 is 0 Å². The van der Waals surface area contributed by atoms with Gasteiger partial charge in [-0.25, -0.2) is 16.8 Å². The summed E-state index contributed by atoms with van der Waals surface area (Å²) in [4.78, 5) is 30.6. The standard InChI is InChI=1S/2C22H30N4O5S/c2*1-14-20(16(3)30-23-14)10-18-12-26(32(28,29)9-7-8-25(5)6)13-19(22(18)27)11-21-15(2)24-31-17(21)4/h2*10-11H,7-9,12-13H2,1-6H3/b18-10+,19-11+;18-10-,19-11+. The van der Waals surface area contributed by atoms with Crippen LogP contribution in [0.3, 0.4) is 0 Å². The van der Waals surface area contributed by atoms with Crippen LogP contribution in [0.5, 0.6) is 0 Å². The van der Waals surface area contributed by atoms with Crippen molar-refractivity contribution in [3.8, 4) is 0 Å². The number of ketones is 2. The molecular weight excluding hydrogens is 865 g/mol. The van der Waals surface area contributed by atoms with Crippen molar-refractivity contribution < 1.29 is 44.5 Å². The molecule has 6 rings (SSSR count). The highest BCUT2D eigenvalue weighted by atomic mass is 32.2. The zero-order valence-electron chi connectivity index (χ0n) is 38.9. The van der Waals surface area contributed by atoms with Gasteiger partial charge in [0.15, 0.2) is 11.6 Å². The minimum atomic E-state index is -3.57. The van der Waals surface area contributed by atoms with E-state index in [1.165, 1.54) is 8.61 Å². The molecule has 2 fully saturated rings. The predicted octanol–water partition coefficient (Wildman–Crippen LogP) is 5.06. The summed E-state index contributed by atoms with van der Waals surface area (Å²) in [5.74, 6) is 1.91. The molecule has 0 spiro atoms. The molecule has 0 saturated carbocycles. The molecule has 2 saturated heterocycles. The van der Waals surface area contributed by atoms with Crippen LogP contribution in [0, 0.1) is 55.4 Å². The average molecular weight is 925 g/mol. The van der Waals surface area contributed by atoms with Crippen LogP contribution < -0.4 is 0 Å². The Labute approximate surface area is 375 Å². The molecular formula is C44H60N8O10S2. The van der Waals surface area contributed by atoms with E-state index in [1.54, 1.807) is 79.7 Å². The molecule has 0 unspecified atom stereocenters. The number of carbonyl (C=O) groups is 2. The van der Waals surface area contributed by atoms with Gasteiger partial charge in [-0.1, -0.05) is 20.6 Å². The lowest BCUT2D eigenvalue weighted by atomic mass is 9.95. The smallest absolute Gasteiger partial charge is 0.214 e. The van der Waals surface area contributed by atoms with Crippen molar-refractivity contribution >= 4 is 55.9 Å². The van der Waals surface area contributed by atoms with Crippen molar-refractivity contribution in [3.63, 3.8) is 0 Å². The van der Waals surface area contributed by atoms with E-state index < -0.39 is 20.0 Å². The number of rotatable bonds is 14. The predicted molar refractivity (Wildman–Crippen MR) is 243 cm³/mol. The zero-order valence-corrected chi connectivity index (χ0v) is 40.5. The highest BCUT2D eigenvalue weighted by Crippen LogP contribution is 2.29. The summed E-state index contributed by atoms with van der Waals surface area (Å²) in [6, 6.07) is 0. The molecule has 0 aromatic carbocycles. The molecule has 0 atom stereocenters. The van der Waals surface area contributed by atoms with Crippen LogP contribution in [0.2, 0.25) is 0 Å². The van der Waals surface area contributed by atoms with Crippen molar-refractivity contribution in [2.75, 3.05) is 79.0 Å². The van der Waals surface area contributed by atoms with Crippen molar-refractivity contribution in [1.82, 2.24) is 39.0 Å². The Morgan fingerprint density at radius 3 is 0.891 bits per heavy atom. The maximum atomic E-state index is 13.3. The van der Waals surface area contributed by atoms with Gasteiger partial charge in [0, 0.05) is 70.7 Å². The number of aryl methyl sites for hydroxylation is 8. The van der Waals surface area contributed by atoms with Crippen molar-refractivity contribution in [2.24, 2.45) is 0 Å². The maximum absolute atomic E-state index is 13.3. The van der Waals surface area contributed by atoms with Gasteiger partial charge in [-0.05, 0) is 134 Å². The first-order chi connectivity index (χ1) is 30.0. The van der Waals surface area contributed by atoms with Crippen LogP contribution in [0.1, 0.15) is 80.9 Å². The molecule has 0 amide bonds. The van der Waals surface area contributed by atoms with Gasteiger partial charge in [-0.2, -0.15) is 8.61 Å². The van der Waals surface area contributed by atoms with E-state index in [2.05, 4.69) is 20.6 Å². The van der Waals surface area contributed by atoms with E-state index in [0.29, 0.717) is 116 Å². The second-order valence-electron chi connectivity index (χ2n) is 16.8. The second-order valence-corrected chi connectivity index (χ2v) is 20.9. The Morgan fingerprint density at radius 1 is 0.469 bits per heavy atom. The van der Waals surface area contributed by atoms with Crippen LogP contribution in [0.25, 0.3) is 24.3 Å². The minimum absolute atomic E-state index is 0.00608. The van der Waals surface area contributed by atoms with E-state index in [1.807, 2.05) is 38.0 Å². The first-order valence-corrected chi connectivity index (χ1v) is 24.1. The van der Waals surface area contributed by atoms with Crippen LogP contribution in [-0.2, 0) is 29.6 Å². The number of sulfonamides is 2. The quantitative estimate of drug-likeness (QED) is 0.151. The molecule has 4 aromatic rings. The number of hydrogen-bond donors (Lipinski definition) is 0. The number of hydrogen-bond acceptors (Lipinski definition) is 16. The number of aromatic nitrogens is 4. The third-order valence-corrected chi connectivity index (χ3v) is 14.7. The monoisotopic (exact) mass is 924 g/mol. The highest BCUT2D eigenvalue weighted by molar-refractivity contribution is 7.89. The molecule has 0 bridgehead atoms. The zero-order chi connectivity index (χ0) is 47.3. The molecule has 348 valence electrons. The normalized spacial score (nSPS) is 18.4. The summed E-state index contributed by atoms with van der Waals surface area (Å²) in [5.41, 5.74) is 6.84. The first kappa shape index (κ1) is 49.9. The van der Waals surface area contributed by atoms with Crippen LogP contribution >= 0.6 is 0 Å². The van der Waals surface area contributed by atoms with E-state index >= 15 is 0 Å². The molecule has 6 heterocycles. The topological polar surface area (TPSA) is 220 Å². The Hall–Kier alpha value is -5.12. The number of piperidine rings is 2. The van der Waals surface area contributed by atoms with E-state index in [4.69, 9.17) is 18.1 Å². The second kappa shape index (κ2) is 20.8. The third kappa shape index (κ3) is 12.2. The fourth-order valence-corrected chi connectivity index (χ4v) is 10.1. The number of Topliss-reactive ketones (excluding diaryl/α,β-unsaturated/α-hetero) is 2. The lowest BCUT2D eigenvalue weighted by molar-refractivity contribution is -0.113. The Balaban J connectivity index is 0.000000241. The van der Waals surface area contributed by atoms with Gasteiger partial charge in [-0.3, -0.25) is 9.59 Å². The molecule has 4 aromatic heterocycles. The molecule has 0 aliphatic carbocycles. The number of nitrogens with zero attached hydrogens (tertiary/aromatic N) is 8. The van der Waals surface area contributed by atoms with Crippen LogP contribution in [0.15, 0.2) is 40.4 Å². The van der Waals surface area contributed by atoms with Gasteiger partial charge in [0.05, 0.1) is 34.3 Å². The fourth-order valence-electron chi connectivity index (χ4n) is 7.28. The molecule has 20 heteroatoms. The average Bonchev–Trinajstić information content (AvgIpc) is 3.92. The van der Waals surface area contributed by atoms with Gasteiger partial charge in [-0.15, -0.1) is 0 Å². The molecule has 18 nitrogen and oxygen atoms in total. The summed E-state index contributed by atoms with van der Waals surface area (Å²) in [7, 11) is 0.472. The molecule has 2 aliphatic rings. The third-order valence-electron chi connectivity index (χ3n) is 11.0. The summed E-state index contributed by atoms with van der Waals surface area (Å²) in [5, 5.41) is 15.7. The molecule has 0 N–H and O–H groups in total. The summed E-state index contributed by atoms with van der Waals surface area (Å²) < 4.78 is 76.0. The van der Waals surface area contributed by atoms with Gasteiger partial charge in [0.1, 0.15) is 23.0 Å². The molecule has 64 heavy (non-hydrogen) atoms. The van der Waals surface area contributed by atoms with E-state index in [-0.39, 0.29) is 49.3 Å². The number of carbonyl (C=O) groups excluding carboxylic acids is 2. The largest absolute Gasteiger partial charge is 0.361 e. The highest BCUT2D eigenvalue weighted by Gasteiger charge is 2.35. The fraction of sp³-hybridized carbons (Fsp3) is 0.500. The summed E-state index contributed by atoms with van der Waals surface area (Å²) >= 11 is 0. The minimum Gasteiger partial charge on any atom is -0.361 e. The van der Waals surface area contributed by atoms with E-state index in [9.17, 15) is 26.4 Å². The van der Waals surface area contributed by atoms with Crippen molar-refractivity contribution in [1.29, 1.82) is 0 Å². The summed E-state index contributed by atoms with van der Waals surface area (Å²) in [6.45, 7) is 15.5. The van der Waals surface area contributed by atoms with Gasteiger partial charge < -0.3 is 27.9 Å². The van der Waals surface area contributed by atoms with Crippen LogP contribution in [-0.4, -0.2) is 146 Å². The SMILES string of the molecule is Cc1noc(C)c1/C=C1/CN(S(=O)(=O)CCCN(C)C)C/C(=C\c2c(C)noc2C)C1=O.Cc1noc(C)c1/C=C1\CN(S(=O)(=O)CCCN(C)C)C/C(=C\c2c(C)noc2C)C1=O. The Kier molecular flexibility index (Phi) is 16.2.